The van der Waals surface area contributed by atoms with Crippen LogP contribution in [0.2, 0.25) is 0 Å². The van der Waals surface area contributed by atoms with Crippen LogP contribution in [0.1, 0.15) is 11.4 Å². The molecule has 2 rings (SSSR count). The first kappa shape index (κ1) is 11.6. The average molecular weight is 227 g/mol. The highest BCUT2D eigenvalue weighted by Gasteiger charge is 2.06. The number of hydrogen-bond acceptors (Lipinski definition) is 3. The number of anilines is 1. The molecule has 88 valence electrons. The molecule has 0 saturated carbocycles. The molecule has 3 nitrogen and oxygen atoms in total. The smallest absolute Gasteiger partial charge is 0.125 e. The van der Waals surface area contributed by atoms with Gasteiger partial charge in [0.25, 0.3) is 0 Å². The lowest BCUT2D eigenvalue weighted by atomic mass is 10.1. The summed E-state index contributed by atoms with van der Waals surface area (Å²) in [5, 5.41) is 0. The number of nitrogens with zero attached hydrogens (tertiary/aromatic N) is 3. The molecule has 0 aliphatic carbocycles. The fourth-order valence-electron chi connectivity index (χ4n) is 1.75. The molecule has 1 aromatic heterocycles. The van der Waals surface area contributed by atoms with Crippen LogP contribution in [0.4, 0.5) is 5.69 Å². The Balaban J connectivity index is 2.52. The number of aromatic nitrogens is 2. The molecule has 0 amide bonds. The van der Waals surface area contributed by atoms with E-state index in [1.807, 2.05) is 34.1 Å². The van der Waals surface area contributed by atoms with Crippen molar-refractivity contribution >= 4 is 5.69 Å². The van der Waals surface area contributed by atoms with Crippen molar-refractivity contribution in [3.63, 3.8) is 0 Å². The minimum atomic E-state index is 0.806. The van der Waals surface area contributed by atoms with Crippen molar-refractivity contribution in [2.75, 3.05) is 19.0 Å². The van der Waals surface area contributed by atoms with Crippen LogP contribution in [0.5, 0.6) is 0 Å². The Morgan fingerprint density at radius 1 is 1.12 bits per heavy atom. The molecule has 0 radical (unpaired) electrons. The monoisotopic (exact) mass is 227 g/mol. The van der Waals surface area contributed by atoms with Crippen LogP contribution in [0.25, 0.3) is 11.3 Å². The maximum Gasteiger partial charge on any atom is 0.125 e. The molecule has 0 saturated heterocycles. The minimum absolute atomic E-state index is 0.806. The standard InChI is InChI=1S/C14H17N3/c1-10-9-15-11(2)16-14(10)12-6-5-7-13(8-12)17(3)4/h5-9H,1-4H3. The molecule has 0 atom stereocenters. The lowest BCUT2D eigenvalue weighted by Gasteiger charge is -2.14. The average Bonchev–Trinajstić information content (AvgIpc) is 2.32. The molecule has 0 N–H and O–H groups in total. The van der Waals surface area contributed by atoms with Crippen molar-refractivity contribution in [2.45, 2.75) is 13.8 Å². The van der Waals surface area contributed by atoms with Gasteiger partial charge in [-0.25, -0.2) is 9.97 Å². The van der Waals surface area contributed by atoms with E-state index in [-0.39, 0.29) is 0 Å². The molecule has 0 spiro atoms. The highest BCUT2D eigenvalue weighted by atomic mass is 15.1. The largest absolute Gasteiger partial charge is 0.378 e. The molecular formula is C14H17N3. The van der Waals surface area contributed by atoms with Gasteiger partial charge in [0.2, 0.25) is 0 Å². The molecule has 0 aliphatic rings. The fourth-order valence-corrected chi connectivity index (χ4v) is 1.75. The lowest BCUT2D eigenvalue weighted by Crippen LogP contribution is -2.08. The Kier molecular flexibility index (Phi) is 3.09. The van der Waals surface area contributed by atoms with Crippen molar-refractivity contribution in [3.05, 3.63) is 41.9 Å². The zero-order chi connectivity index (χ0) is 12.4. The van der Waals surface area contributed by atoms with Gasteiger partial charge in [-0.2, -0.15) is 0 Å². The summed E-state index contributed by atoms with van der Waals surface area (Å²) in [4.78, 5) is 10.8. The first-order chi connectivity index (χ1) is 8.08. The second-order valence-electron chi connectivity index (χ2n) is 4.39. The Morgan fingerprint density at radius 3 is 2.59 bits per heavy atom. The van der Waals surface area contributed by atoms with Gasteiger partial charge in [-0.3, -0.25) is 0 Å². The van der Waals surface area contributed by atoms with Gasteiger partial charge in [-0.15, -0.1) is 0 Å². The van der Waals surface area contributed by atoms with Crippen LogP contribution in [-0.4, -0.2) is 24.1 Å². The highest BCUT2D eigenvalue weighted by Crippen LogP contribution is 2.24. The molecule has 0 bridgehead atoms. The Morgan fingerprint density at radius 2 is 1.88 bits per heavy atom. The molecule has 1 heterocycles. The van der Waals surface area contributed by atoms with Crippen molar-refractivity contribution in [3.8, 4) is 11.3 Å². The van der Waals surface area contributed by atoms with Gasteiger partial charge in [0, 0.05) is 31.5 Å². The third kappa shape index (κ3) is 2.44. The number of hydrogen-bond donors (Lipinski definition) is 0. The maximum atomic E-state index is 4.51. The van der Waals surface area contributed by atoms with E-state index in [9.17, 15) is 0 Å². The zero-order valence-electron chi connectivity index (χ0n) is 10.7. The zero-order valence-corrected chi connectivity index (χ0v) is 10.7. The second kappa shape index (κ2) is 4.53. The molecule has 0 aliphatic heterocycles. The SMILES string of the molecule is Cc1ncc(C)c(-c2cccc(N(C)C)c2)n1. The van der Waals surface area contributed by atoms with Gasteiger partial charge in [-0.1, -0.05) is 12.1 Å². The molecule has 3 heteroatoms. The highest BCUT2D eigenvalue weighted by molar-refractivity contribution is 5.67. The molecule has 0 fully saturated rings. The van der Waals surface area contributed by atoms with Gasteiger partial charge in [0.1, 0.15) is 5.82 Å². The molecule has 1 aromatic carbocycles. The topological polar surface area (TPSA) is 29.0 Å². The van der Waals surface area contributed by atoms with E-state index in [2.05, 4.69) is 39.1 Å². The molecule has 0 unspecified atom stereocenters. The predicted molar refractivity (Wildman–Crippen MR) is 71.3 cm³/mol. The molecule has 2 aromatic rings. The van der Waals surface area contributed by atoms with Gasteiger partial charge in [0.15, 0.2) is 0 Å². The minimum Gasteiger partial charge on any atom is -0.378 e. The summed E-state index contributed by atoms with van der Waals surface area (Å²) in [6.07, 6.45) is 1.88. The summed E-state index contributed by atoms with van der Waals surface area (Å²) in [6, 6.07) is 8.38. The van der Waals surface area contributed by atoms with Crippen molar-refractivity contribution < 1.29 is 0 Å². The van der Waals surface area contributed by atoms with Crippen LogP contribution in [0, 0.1) is 13.8 Å². The van der Waals surface area contributed by atoms with Crippen molar-refractivity contribution in [1.82, 2.24) is 9.97 Å². The van der Waals surface area contributed by atoms with Crippen LogP contribution < -0.4 is 4.90 Å². The van der Waals surface area contributed by atoms with Crippen LogP contribution in [0.15, 0.2) is 30.5 Å². The van der Waals surface area contributed by atoms with Gasteiger partial charge >= 0.3 is 0 Å². The van der Waals surface area contributed by atoms with Crippen LogP contribution in [-0.2, 0) is 0 Å². The summed E-state index contributed by atoms with van der Waals surface area (Å²) in [7, 11) is 4.08. The fraction of sp³-hybridized carbons (Fsp3) is 0.286. The summed E-state index contributed by atoms with van der Waals surface area (Å²) >= 11 is 0. The Hall–Kier alpha value is -1.90. The van der Waals surface area contributed by atoms with Crippen LogP contribution >= 0.6 is 0 Å². The molecular weight excluding hydrogens is 210 g/mol. The van der Waals surface area contributed by atoms with E-state index >= 15 is 0 Å². The van der Waals surface area contributed by atoms with Gasteiger partial charge in [-0.05, 0) is 31.5 Å². The van der Waals surface area contributed by atoms with Crippen molar-refractivity contribution in [2.24, 2.45) is 0 Å². The van der Waals surface area contributed by atoms with E-state index < -0.39 is 0 Å². The second-order valence-corrected chi connectivity index (χ2v) is 4.39. The number of rotatable bonds is 2. The third-order valence-corrected chi connectivity index (χ3v) is 2.73. The maximum absolute atomic E-state index is 4.51. The van der Waals surface area contributed by atoms with E-state index in [0.717, 1.165) is 22.6 Å². The lowest BCUT2D eigenvalue weighted by molar-refractivity contribution is 1.04. The summed E-state index contributed by atoms with van der Waals surface area (Å²) < 4.78 is 0. The Bertz CT molecular complexity index is 533. The summed E-state index contributed by atoms with van der Waals surface area (Å²) in [5.74, 6) is 0.806. The number of aryl methyl sites for hydroxylation is 2. The first-order valence-corrected chi connectivity index (χ1v) is 5.66. The normalized spacial score (nSPS) is 10.4. The summed E-state index contributed by atoms with van der Waals surface area (Å²) in [5.41, 5.74) is 4.44. The van der Waals surface area contributed by atoms with E-state index in [4.69, 9.17) is 0 Å². The number of benzene rings is 1. The van der Waals surface area contributed by atoms with Crippen LogP contribution in [0.3, 0.4) is 0 Å². The van der Waals surface area contributed by atoms with Gasteiger partial charge in [0.05, 0.1) is 5.69 Å². The van der Waals surface area contributed by atoms with E-state index in [1.165, 1.54) is 5.69 Å². The summed E-state index contributed by atoms with van der Waals surface area (Å²) in [6.45, 7) is 3.95. The Labute approximate surface area is 102 Å². The first-order valence-electron chi connectivity index (χ1n) is 5.66. The van der Waals surface area contributed by atoms with E-state index in [1.54, 1.807) is 0 Å². The van der Waals surface area contributed by atoms with Gasteiger partial charge < -0.3 is 4.90 Å². The van der Waals surface area contributed by atoms with E-state index in [0.29, 0.717) is 0 Å². The quantitative estimate of drug-likeness (QED) is 0.790. The third-order valence-electron chi connectivity index (χ3n) is 2.73. The van der Waals surface area contributed by atoms with Crippen molar-refractivity contribution in [1.29, 1.82) is 0 Å². The molecule has 17 heavy (non-hydrogen) atoms. The predicted octanol–water partition coefficient (Wildman–Crippen LogP) is 2.83.